The average Bonchev–Trinajstić information content (AvgIpc) is 2.08. The molecule has 0 aromatic heterocycles. The van der Waals surface area contributed by atoms with Crippen LogP contribution in [-0.2, 0) is 10.0 Å². The van der Waals surface area contributed by atoms with Crippen LogP contribution in [0.4, 0.5) is 14.5 Å². The van der Waals surface area contributed by atoms with Crippen molar-refractivity contribution in [2.75, 3.05) is 11.0 Å². The Bertz CT molecular complexity index is 498. The molecule has 0 heterocycles. The van der Waals surface area contributed by atoms with Crippen LogP contribution in [0, 0.1) is 0 Å². The van der Waals surface area contributed by atoms with Gasteiger partial charge in [-0.15, -0.1) is 0 Å². The lowest BCUT2D eigenvalue weighted by Gasteiger charge is -2.11. The minimum atomic E-state index is -3.50. The van der Waals surface area contributed by atoms with E-state index in [2.05, 4.69) is 9.46 Å². The van der Waals surface area contributed by atoms with Crippen LogP contribution in [0.3, 0.4) is 0 Å². The highest BCUT2D eigenvalue weighted by atomic mass is 35.5. The second-order valence-corrected chi connectivity index (χ2v) is 5.58. The fraction of sp³-hybridized carbons (Fsp3) is 0.250. The van der Waals surface area contributed by atoms with Crippen molar-refractivity contribution in [3.8, 4) is 5.75 Å². The van der Waals surface area contributed by atoms with Crippen molar-refractivity contribution in [2.24, 2.45) is 0 Å². The monoisotopic (exact) mass is 305 g/mol. The standard InChI is InChI=1S/C8H7Cl2F2NO3S/c1-17(14,15)13-4-2-5(9)7(6(10)3-4)16-8(11)12/h2-3,8,13H,1H3. The van der Waals surface area contributed by atoms with Gasteiger partial charge in [-0.1, -0.05) is 23.2 Å². The molecule has 0 bridgehead atoms. The van der Waals surface area contributed by atoms with E-state index in [0.29, 0.717) is 0 Å². The van der Waals surface area contributed by atoms with Gasteiger partial charge in [-0.2, -0.15) is 8.78 Å². The number of anilines is 1. The molecule has 1 N–H and O–H groups in total. The molecule has 0 saturated carbocycles. The van der Waals surface area contributed by atoms with Crippen molar-refractivity contribution in [3.63, 3.8) is 0 Å². The predicted octanol–water partition coefficient (Wildman–Crippen LogP) is 2.97. The maximum atomic E-state index is 12.0. The third kappa shape index (κ3) is 4.53. The fourth-order valence-electron chi connectivity index (χ4n) is 1.03. The van der Waals surface area contributed by atoms with Crippen molar-refractivity contribution >= 4 is 38.9 Å². The molecule has 0 saturated heterocycles. The first-order chi connectivity index (χ1) is 7.69. The molecular weight excluding hydrogens is 299 g/mol. The Morgan fingerprint density at radius 2 is 1.76 bits per heavy atom. The first-order valence-electron chi connectivity index (χ1n) is 4.10. The van der Waals surface area contributed by atoms with Gasteiger partial charge in [0.25, 0.3) is 0 Å². The number of ether oxygens (including phenoxy) is 1. The molecule has 0 amide bonds. The summed E-state index contributed by atoms with van der Waals surface area (Å²) in [5.41, 5.74) is 0.0594. The van der Waals surface area contributed by atoms with Crippen LogP contribution in [0.25, 0.3) is 0 Å². The van der Waals surface area contributed by atoms with Gasteiger partial charge in [-0.05, 0) is 12.1 Å². The highest BCUT2D eigenvalue weighted by Crippen LogP contribution is 2.37. The topological polar surface area (TPSA) is 55.4 Å². The summed E-state index contributed by atoms with van der Waals surface area (Å²) in [6, 6.07) is 2.23. The Morgan fingerprint density at radius 3 is 2.12 bits per heavy atom. The molecule has 0 spiro atoms. The molecule has 0 fully saturated rings. The summed E-state index contributed by atoms with van der Waals surface area (Å²) in [6.07, 6.45) is 0.929. The third-order valence-electron chi connectivity index (χ3n) is 1.51. The second kappa shape index (κ2) is 5.24. The summed E-state index contributed by atoms with van der Waals surface area (Å²) in [4.78, 5) is 0. The molecule has 1 aromatic rings. The van der Waals surface area contributed by atoms with Crippen LogP contribution >= 0.6 is 23.2 Å². The maximum Gasteiger partial charge on any atom is 0.387 e. The summed E-state index contributed by atoms with van der Waals surface area (Å²) in [7, 11) is -3.50. The molecule has 0 atom stereocenters. The number of nitrogens with one attached hydrogen (secondary N) is 1. The number of sulfonamides is 1. The Kier molecular flexibility index (Phi) is 4.40. The van der Waals surface area contributed by atoms with Crippen molar-refractivity contribution in [3.05, 3.63) is 22.2 Å². The smallest absolute Gasteiger partial charge is 0.387 e. The van der Waals surface area contributed by atoms with Crippen LogP contribution in [0.1, 0.15) is 0 Å². The minimum absolute atomic E-state index is 0.0594. The fourth-order valence-corrected chi connectivity index (χ4v) is 2.16. The summed E-state index contributed by atoms with van der Waals surface area (Å²) in [6.45, 7) is -3.07. The first-order valence-corrected chi connectivity index (χ1v) is 6.75. The van der Waals surface area contributed by atoms with E-state index < -0.39 is 22.4 Å². The molecule has 0 aliphatic carbocycles. The summed E-state index contributed by atoms with van der Waals surface area (Å²) in [5, 5.41) is -0.437. The Hall–Kier alpha value is -0.790. The predicted molar refractivity (Wildman–Crippen MR) is 61.6 cm³/mol. The average molecular weight is 306 g/mol. The van der Waals surface area contributed by atoms with Crippen molar-refractivity contribution in [1.29, 1.82) is 0 Å². The highest BCUT2D eigenvalue weighted by molar-refractivity contribution is 7.92. The zero-order chi connectivity index (χ0) is 13.2. The third-order valence-corrected chi connectivity index (χ3v) is 2.68. The minimum Gasteiger partial charge on any atom is -0.432 e. The van der Waals surface area contributed by atoms with Gasteiger partial charge in [0.2, 0.25) is 10.0 Å². The van der Waals surface area contributed by atoms with Crippen LogP contribution < -0.4 is 9.46 Å². The molecule has 1 aromatic carbocycles. The van der Waals surface area contributed by atoms with Gasteiger partial charge >= 0.3 is 6.61 Å². The number of rotatable bonds is 4. The van der Waals surface area contributed by atoms with Gasteiger partial charge in [-0.25, -0.2) is 8.42 Å². The van der Waals surface area contributed by atoms with Gasteiger partial charge in [0, 0.05) is 0 Å². The van der Waals surface area contributed by atoms with Gasteiger partial charge in [-0.3, -0.25) is 4.72 Å². The van der Waals surface area contributed by atoms with E-state index in [-0.39, 0.29) is 15.7 Å². The molecule has 17 heavy (non-hydrogen) atoms. The number of hydrogen-bond donors (Lipinski definition) is 1. The van der Waals surface area contributed by atoms with Crippen LogP contribution in [0.15, 0.2) is 12.1 Å². The van der Waals surface area contributed by atoms with Crippen LogP contribution in [0.5, 0.6) is 5.75 Å². The Morgan fingerprint density at radius 1 is 1.29 bits per heavy atom. The number of hydrogen-bond acceptors (Lipinski definition) is 3. The summed E-state index contributed by atoms with van der Waals surface area (Å²) >= 11 is 11.3. The number of alkyl halides is 2. The lowest BCUT2D eigenvalue weighted by atomic mass is 10.3. The van der Waals surface area contributed by atoms with Crippen molar-refractivity contribution in [2.45, 2.75) is 6.61 Å². The molecule has 0 radical (unpaired) electrons. The molecule has 4 nitrogen and oxygen atoms in total. The van der Waals surface area contributed by atoms with Crippen LogP contribution in [0.2, 0.25) is 10.0 Å². The second-order valence-electron chi connectivity index (χ2n) is 3.02. The van der Waals surface area contributed by atoms with Crippen LogP contribution in [-0.4, -0.2) is 21.3 Å². The van der Waals surface area contributed by atoms with Crippen molar-refractivity contribution in [1.82, 2.24) is 0 Å². The van der Waals surface area contributed by atoms with E-state index in [0.717, 1.165) is 18.4 Å². The number of halogens is 4. The lowest BCUT2D eigenvalue weighted by Crippen LogP contribution is -2.10. The number of benzene rings is 1. The normalized spacial score (nSPS) is 11.6. The molecule has 0 unspecified atom stereocenters. The molecule has 0 aliphatic rings. The van der Waals surface area contributed by atoms with Gasteiger partial charge in [0.05, 0.1) is 22.0 Å². The van der Waals surface area contributed by atoms with E-state index >= 15 is 0 Å². The maximum absolute atomic E-state index is 12.0. The molecule has 96 valence electrons. The lowest BCUT2D eigenvalue weighted by molar-refractivity contribution is -0.0497. The van der Waals surface area contributed by atoms with E-state index in [1.54, 1.807) is 0 Å². The van der Waals surface area contributed by atoms with Gasteiger partial charge < -0.3 is 4.74 Å². The largest absolute Gasteiger partial charge is 0.432 e. The molecule has 0 aliphatic heterocycles. The molecule has 9 heteroatoms. The van der Waals surface area contributed by atoms with Crippen molar-refractivity contribution < 1.29 is 21.9 Å². The van der Waals surface area contributed by atoms with E-state index in [1.165, 1.54) is 0 Å². The van der Waals surface area contributed by atoms with Gasteiger partial charge in [0.1, 0.15) is 0 Å². The SMILES string of the molecule is CS(=O)(=O)Nc1cc(Cl)c(OC(F)F)c(Cl)c1. The molecule has 1 rings (SSSR count). The van der Waals surface area contributed by atoms with E-state index in [9.17, 15) is 17.2 Å². The van der Waals surface area contributed by atoms with E-state index in [1.807, 2.05) is 0 Å². The Labute approximate surface area is 107 Å². The van der Waals surface area contributed by atoms with E-state index in [4.69, 9.17) is 23.2 Å². The summed E-state index contributed by atoms with van der Waals surface area (Å²) < 4.78 is 52.1. The zero-order valence-corrected chi connectivity index (χ0v) is 10.7. The Balaban J connectivity index is 3.09. The molecular formula is C8H7Cl2F2NO3S. The van der Waals surface area contributed by atoms with Gasteiger partial charge in [0.15, 0.2) is 5.75 Å². The first kappa shape index (κ1) is 14.3. The quantitative estimate of drug-likeness (QED) is 0.930. The highest BCUT2D eigenvalue weighted by Gasteiger charge is 2.15. The zero-order valence-electron chi connectivity index (χ0n) is 8.38. The summed E-state index contributed by atoms with van der Waals surface area (Å²) in [5.74, 6) is -0.401.